The van der Waals surface area contributed by atoms with Gasteiger partial charge in [-0.15, -0.1) is 0 Å². The van der Waals surface area contributed by atoms with E-state index < -0.39 is 5.97 Å². The van der Waals surface area contributed by atoms with E-state index in [1.807, 2.05) is 0 Å². The van der Waals surface area contributed by atoms with Crippen LogP contribution in [0.5, 0.6) is 0 Å². The second kappa shape index (κ2) is 5.62. The number of nitrogens with zero attached hydrogens (tertiary/aromatic N) is 3. The average Bonchev–Trinajstić information content (AvgIpc) is 2.77. The minimum Gasteiger partial charge on any atom is -0.481 e. The number of rotatable bonds is 4. The Kier molecular flexibility index (Phi) is 4.13. The molecular formula is C11H17N3O3S. The molecule has 1 atom stereocenters. The van der Waals surface area contributed by atoms with Gasteiger partial charge in [0, 0.05) is 30.5 Å². The van der Waals surface area contributed by atoms with E-state index in [4.69, 9.17) is 9.84 Å². The maximum Gasteiger partial charge on any atom is 0.306 e. The summed E-state index contributed by atoms with van der Waals surface area (Å²) in [4.78, 5) is 17.2. The molecule has 18 heavy (non-hydrogen) atoms. The zero-order valence-electron chi connectivity index (χ0n) is 10.5. The first-order valence-electron chi connectivity index (χ1n) is 5.98. The van der Waals surface area contributed by atoms with Crippen molar-refractivity contribution in [1.29, 1.82) is 0 Å². The van der Waals surface area contributed by atoms with Gasteiger partial charge in [0.1, 0.15) is 5.82 Å². The normalized spacial score (nSPS) is 20.4. The molecule has 0 aromatic carbocycles. The monoisotopic (exact) mass is 271 g/mol. The number of aliphatic carboxylic acids is 1. The van der Waals surface area contributed by atoms with Crippen molar-refractivity contribution in [2.24, 2.45) is 0 Å². The Hall–Kier alpha value is -1.21. The standard InChI is InChI=1S/C11H17N3O3S/c1-7(2)10-12-11(18-13-10)14-3-4-17-8(6-14)5-9(15)16/h7-8H,3-6H2,1-2H3,(H,15,16). The summed E-state index contributed by atoms with van der Waals surface area (Å²) >= 11 is 1.37. The Morgan fingerprint density at radius 1 is 1.67 bits per heavy atom. The van der Waals surface area contributed by atoms with Crippen LogP contribution in [-0.2, 0) is 9.53 Å². The third kappa shape index (κ3) is 3.17. The minimum atomic E-state index is -0.831. The van der Waals surface area contributed by atoms with Crippen LogP contribution < -0.4 is 4.90 Å². The van der Waals surface area contributed by atoms with Crippen molar-refractivity contribution in [2.75, 3.05) is 24.6 Å². The summed E-state index contributed by atoms with van der Waals surface area (Å²) in [7, 11) is 0. The molecule has 2 rings (SSSR count). The smallest absolute Gasteiger partial charge is 0.306 e. The van der Waals surface area contributed by atoms with Gasteiger partial charge in [-0.25, -0.2) is 4.98 Å². The number of hydrogen-bond acceptors (Lipinski definition) is 6. The van der Waals surface area contributed by atoms with Crippen LogP contribution in [-0.4, -0.2) is 46.2 Å². The van der Waals surface area contributed by atoms with Gasteiger partial charge in [-0.05, 0) is 0 Å². The van der Waals surface area contributed by atoms with Crippen molar-refractivity contribution in [2.45, 2.75) is 32.3 Å². The zero-order valence-corrected chi connectivity index (χ0v) is 11.3. The van der Waals surface area contributed by atoms with Gasteiger partial charge in [-0.3, -0.25) is 4.79 Å². The predicted molar refractivity (Wildman–Crippen MR) is 68.2 cm³/mol. The van der Waals surface area contributed by atoms with E-state index in [0.717, 1.165) is 17.5 Å². The highest BCUT2D eigenvalue weighted by Gasteiger charge is 2.25. The van der Waals surface area contributed by atoms with Crippen molar-refractivity contribution in [3.63, 3.8) is 0 Å². The van der Waals surface area contributed by atoms with Crippen LogP contribution in [0.25, 0.3) is 0 Å². The molecule has 1 aromatic rings. The Labute approximate surface area is 110 Å². The SMILES string of the molecule is CC(C)c1nsc(N2CCOC(CC(=O)O)C2)n1. The van der Waals surface area contributed by atoms with E-state index in [2.05, 4.69) is 28.1 Å². The topological polar surface area (TPSA) is 75.6 Å². The molecule has 0 aliphatic carbocycles. The molecule has 0 amide bonds. The zero-order chi connectivity index (χ0) is 13.1. The molecule has 1 aliphatic rings. The van der Waals surface area contributed by atoms with E-state index in [0.29, 0.717) is 19.1 Å². The number of aromatic nitrogens is 2. The van der Waals surface area contributed by atoms with Gasteiger partial charge in [0.05, 0.1) is 19.1 Å². The van der Waals surface area contributed by atoms with Crippen LogP contribution in [0.1, 0.15) is 32.0 Å². The van der Waals surface area contributed by atoms with Gasteiger partial charge in [0.15, 0.2) is 0 Å². The summed E-state index contributed by atoms with van der Waals surface area (Å²) in [5.41, 5.74) is 0. The van der Waals surface area contributed by atoms with E-state index in [-0.39, 0.29) is 12.5 Å². The third-order valence-electron chi connectivity index (χ3n) is 2.76. The summed E-state index contributed by atoms with van der Waals surface area (Å²) in [5, 5.41) is 9.63. The molecule has 100 valence electrons. The maximum atomic E-state index is 10.7. The quantitative estimate of drug-likeness (QED) is 0.890. The molecular weight excluding hydrogens is 254 g/mol. The Morgan fingerprint density at radius 2 is 2.44 bits per heavy atom. The first kappa shape index (κ1) is 13.2. The first-order chi connectivity index (χ1) is 8.56. The molecule has 7 heteroatoms. The molecule has 0 saturated carbocycles. The summed E-state index contributed by atoms with van der Waals surface area (Å²) < 4.78 is 9.74. The van der Waals surface area contributed by atoms with Gasteiger partial charge >= 0.3 is 5.97 Å². The second-order valence-electron chi connectivity index (χ2n) is 4.63. The minimum absolute atomic E-state index is 0.0341. The van der Waals surface area contributed by atoms with Gasteiger partial charge in [-0.1, -0.05) is 13.8 Å². The van der Waals surface area contributed by atoms with Crippen LogP contribution in [0.15, 0.2) is 0 Å². The highest BCUT2D eigenvalue weighted by molar-refractivity contribution is 7.09. The third-order valence-corrected chi connectivity index (χ3v) is 3.55. The molecule has 1 aliphatic heterocycles. The molecule has 0 bridgehead atoms. The van der Waals surface area contributed by atoms with Gasteiger partial charge < -0.3 is 14.7 Å². The van der Waals surface area contributed by atoms with Gasteiger partial charge in [0.25, 0.3) is 0 Å². The number of hydrogen-bond donors (Lipinski definition) is 1. The molecule has 0 radical (unpaired) electrons. The van der Waals surface area contributed by atoms with Crippen molar-refractivity contribution in [3.8, 4) is 0 Å². The molecule has 6 nitrogen and oxygen atoms in total. The second-order valence-corrected chi connectivity index (χ2v) is 5.36. The molecule has 1 N–H and O–H groups in total. The largest absolute Gasteiger partial charge is 0.481 e. The Balaban J connectivity index is 2.01. The molecule has 1 aromatic heterocycles. The van der Waals surface area contributed by atoms with Crippen molar-refractivity contribution in [3.05, 3.63) is 5.82 Å². The number of carbonyl (C=O) groups is 1. The lowest BCUT2D eigenvalue weighted by Gasteiger charge is -2.31. The average molecular weight is 271 g/mol. The van der Waals surface area contributed by atoms with E-state index in [1.165, 1.54) is 11.5 Å². The van der Waals surface area contributed by atoms with Crippen LogP contribution in [0, 0.1) is 0 Å². The fourth-order valence-electron chi connectivity index (χ4n) is 1.80. The van der Waals surface area contributed by atoms with Crippen LogP contribution in [0.3, 0.4) is 0 Å². The van der Waals surface area contributed by atoms with Crippen LogP contribution in [0.4, 0.5) is 5.13 Å². The van der Waals surface area contributed by atoms with Crippen molar-refractivity contribution in [1.82, 2.24) is 9.36 Å². The highest BCUT2D eigenvalue weighted by atomic mass is 32.1. The maximum absolute atomic E-state index is 10.7. The predicted octanol–water partition coefficient (Wildman–Crippen LogP) is 1.34. The number of morpholine rings is 1. The van der Waals surface area contributed by atoms with E-state index in [9.17, 15) is 4.79 Å². The van der Waals surface area contributed by atoms with Crippen LogP contribution >= 0.6 is 11.5 Å². The van der Waals surface area contributed by atoms with Gasteiger partial charge in [-0.2, -0.15) is 4.37 Å². The van der Waals surface area contributed by atoms with Crippen LogP contribution in [0.2, 0.25) is 0 Å². The molecule has 2 heterocycles. The first-order valence-corrected chi connectivity index (χ1v) is 6.75. The summed E-state index contributed by atoms with van der Waals surface area (Å²) in [5.74, 6) is 0.323. The fourth-order valence-corrected chi connectivity index (χ4v) is 2.64. The highest BCUT2D eigenvalue weighted by Crippen LogP contribution is 2.23. The number of carboxylic acids is 1. The Morgan fingerprint density at radius 3 is 3.06 bits per heavy atom. The summed E-state index contributed by atoms with van der Waals surface area (Å²) in [6, 6.07) is 0. The number of anilines is 1. The molecule has 1 saturated heterocycles. The lowest BCUT2D eigenvalue weighted by atomic mass is 10.2. The Bertz CT molecular complexity index is 421. The van der Waals surface area contributed by atoms with E-state index in [1.54, 1.807) is 0 Å². The lowest BCUT2D eigenvalue weighted by molar-refractivity contribution is -0.140. The van der Waals surface area contributed by atoms with E-state index >= 15 is 0 Å². The molecule has 0 spiro atoms. The lowest BCUT2D eigenvalue weighted by Crippen LogP contribution is -2.43. The van der Waals surface area contributed by atoms with Gasteiger partial charge in [0.2, 0.25) is 5.13 Å². The molecule has 1 fully saturated rings. The van der Waals surface area contributed by atoms with Crippen molar-refractivity contribution >= 4 is 22.6 Å². The van der Waals surface area contributed by atoms with Crippen molar-refractivity contribution < 1.29 is 14.6 Å². The summed E-state index contributed by atoms with van der Waals surface area (Å²) in [6.45, 7) is 5.95. The molecule has 1 unspecified atom stereocenters. The number of carboxylic acid groups (broad SMARTS) is 1. The number of ether oxygens (including phenoxy) is 1. The fraction of sp³-hybridized carbons (Fsp3) is 0.727. The summed E-state index contributed by atoms with van der Waals surface area (Å²) in [6.07, 6.45) is -0.227.